The summed E-state index contributed by atoms with van der Waals surface area (Å²) in [4.78, 5) is 20.7. The SMILES string of the molecule is COC(=O)c1sc2cnc(S(C)(=O)=O)nc2c1-c1cc(OC)ccc1OC. The lowest BCUT2D eigenvalue weighted by Gasteiger charge is -2.11. The number of hydrogen-bond acceptors (Lipinski definition) is 9. The molecular formula is C17H16N2O6S2. The third kappa shape index (κ3) is 3.45. The van der Waals surface area contributed by atoms with Crippen molar-refractivity contribution in [2.75, 3.05) is 27.6 Å². The summed E-state index contributed by atoms with van der Waals surface area (Å²) in [6.07, 6.45) is 2.40. The fourth-order valence-corrected chi connectivity index (χ4v) is 4.10. The van der Waals surface area contributed by atoms with Crippen molar-refractivity contribution in [1.29, 1.82) is 0 Å². The van der Waals surface area contributed by atoms with Gasteiger partial charge >= 0.3 is 5.97 Å². The molecule has 0 saturated carbocycles. The van der Waals surface area contributed by atoms with Crippen LogP contribution < -0.4 is 9.47 Å². The molecule has 0 bridgehead atoms. The molecule has 0 N–H and O–H groups in total. The first-order valence-corrected chi connectivity index (χ1v) is 10.3. The van der Waals surface area contributed by atoms with E-state index in [4.69, 9.17) is 14.2 Å². The maximum Gasteiger partial charge on any atom is 0.348 e. The van der Waals surface area contributed by atoms with Gasteiger partial charge in [-0.05, 0) is 18.2 Å². The molecule has 1 aromatic carbocycles. The second-order valence-corrected chi connectivity index (χ2v) is 8.46. The average molecular weight is 408 g/mol. The van der Waals surface area contributed by atoms with Crippen molar-refractivity contribution in [3.8, 4) is 22.6 Å². The Bertz CT molecular complexity index is 1140. The van der Waals surface area contributed by atoms with Crippen molar-refractivity contribution in [1.82, 2.24) is 9.97 Å². The van der Waals surface area contributed by atoms with E-state index in [1.54, 1.807) is 18.2 Å². The predicted molar refractivity (Wildman–Crippen MR) is 100 cm³/mol. The van der Waals surface area contributed by atoms with Crippen molar-refractivity contribution in [3.05, 3.63) is 29.3 Å². The predicted octanol–water partition coefficient (Wildman–Crippen LogP) is 2.57. The van der Waals surface area contributed by atoms with Crippen LogP contribution in [0.4, 0.5) is 0 Å². The Morgan fingerprint density at radius 3 is 2.48 bits per heavy atom. The number of carbonyl (C=O) groups is 1. The van der Waals surface area contributed by atoms with Crippen LogP contribution >= 0.6 is 11.3 Å². The summed E-state index contributed by atoms with van der Waals surface area (Å²) in [5.74, 6) is 0.442. The fraction of sp³-hybridized carbons (Fsp3) is 0.235. The van der Waals surface area contributed by atoms with Gasteiger partial charge in [0.25, 0.3) is 0 Å². The van der Waals surface area contributed by atoms with E-state index in [9.17, 15) is 13.2 Å². The number of carbonyl (C=O) groups excluding carboxylic acids is 1. The summed E-state index contributed by atoms with van der Waals surface area (Å²) in [5, 5.41) is -0.327. The van der Waals surface area contributed by atoms with Gasteiger partial charge in [-0.25, -0.2) is 23.2 Å². The number of thiophene rings is 1. The van der Waals surface area contributed by atoms with Crippen LogP contribution in [0.3, 0.4) is 0 Å². The third-order valence-electron chi connectivity index (χ3n) is 3.79. The molecule has 0 radical (unpaired) electrons. The number of sulfone groups is 1. The molecule has 3 rings (SSSR count). The molecule has 27 heavy (non-hydrogen) atoms. The monoisotopic (exact) mass is 408 g/mol. The van der Waals surface area contributed by atoms with Gasteiger partial charge in [-0.2, -0.15) is 0 Å². The number of aromatic nitrogens is 2. The van der Waals surface area contributed by atoms with Gasteiger partial charge in [-0.3, -0.25) is 0 Å². The van der Waals surface area contributed by atoms with Gasteiger partial charge in [-0.15, -0.1) is 11.3 Å². The molecule has 142 valence electrons. The molecule has 0 spiro atoms. The molecule has 0 amide bonds. The number of ether oxygens (including phenoxy) is 3. The lowest BCUT2D eigenvalue weighted by molar-refractivity contribution is 0.0607. The van der Waals surface area contributed by atoms with Crippen LogP contribution in [0.25, 0.3) is 21.3 Å². The Kier molecular flexibility index (Phi) is 5.03. The third-order valence-corrected chi connectivity index (χ3v) is 5.74. The molecule has 0 aliphatic rings. The lowest BCUT2D eigenvalue weighted by Crippen LogP contribution is -2.04. The molecule has 0 saturated heterocycles. The number of fused-ring (bicyclic) bond motifs is 1. The van der Waals surface area contributed by atoms with Gasteiger partial charge in [0.15, 0.2) is 0 Å². The summed E-state index contributed by atoms with van der Waals surface area (Å²) >= 11 is 1.11. The van der Waals surface area contributed by atoms with Crippen molar-refractivity contribution in [2.45, 2.75) is 5.16 Å². The Hall–Kier alpha value is -2.72. The number of hydrogen-bond donors (Lipinski definition) is 0. The highest BCUT2D eigenvalue weighted by molar-refractivity contribution is 7.90. The minimum atomic E-state index is -3.63. The number of rotatable bonds is 5. The van der Waals surface area contributed by atoms with E-state index in [0.29, 0.717) is 32.8 Å². The molecule has 0 atom stereocenters. The topological polar surface area (TPSA) is 105 Å². The zero-order valence-electron chi connectivity index (χ0n) is 15.0. The standard InChI is InChI=1S/C17H16N2O6S2/c1-23-9-5-6-11(24-2)10(7-9)13-14-12(26-15(13)16(20)25-3)8-18-17(19-14)27(4,21)22/h5-8H,1-4H3. The van der Waals surface area contributed by atoms with Crippen LogP contribution in [0.2, 0.25) is 0 Å². The Morgan fingerprint density at radius 1 is 1.15 bits per heavy atom. The van der Waals surface area contributed by atoms with Gasteiger partial charge < -0.3 is 14.2 Å². The number of nitrogens with zero attached hydrogens (tertiary/aromatic N) is 2. The minimum Gasteiger partial charge on any atom is -0.497 e. The maximum absolute atomic E-state index is 12.4. The molecule has 0 aliphatic carbocycles. The Morgan fingerprint density at radius 2 is 1.89 bits per heavy atom. The van der Waals surface area contributed by atoms with Gasteiger partial charge in [-0.1, -0.05) is 0 Å². The van der Waals surface area contributed by atoms with Gasteiger partial charge in [0, 0.05) is 23.6 Å². The van der Waals surface area contributed by atoms with E-state index < -0.39 is 15.8 Å². The maximum atomic E-state index is 12.4. The molecular weight excluding hydrogens is 392 g/mol. The van der Waals surface area contributed by atoms with E-state index in [-0.39, 0.29) is 10.0 Å². The molecule has 0 unspecified atom stereocenters. The second-order valence-electron chi connectivity index (χ2n) is 5.50. The quantitative estimate of drug-likeness (QED) is 0.469. The highest BCUT2D eigenvalue weighted by atomic mass is 32.2. The summed E-state index contributed by atoms with van der Waals surface area (Å²) in [6.45, 7) is 0. The highest BCUT2D eigenvalue weighted by Crippen LogP contribution is 2.43. The van der Waals surface area contributed by atoms with Gasteiger partial charge in [0.05, 0.1) is 31.5 Å². The van der Waals surface area contributed by atoms with Crippen LogP contribution in [-0.2, 0) is 14.6 Å². The summed E-state index contributed by atoms with van der Waals surface area (Å²) < 4.78 is 39.9. The average Bonchev–Trinajstić information content (AvgIpc) is 3.04. The molecule has 8 nitrogen and oxygen atoms in total. The van der Waals surface area contributed by atoms with Gasteiger partial charge in [0.2, 0.25) is 15.0 Å². The molecule has 0 aliphatic heterocycles. The largest absolute Gasteiger partial charge is 0.497 e. The highest BCUT2D eigenvalue weighted by Gasteiger charge is 2.26. The summed E-state index contributed by atoms with van der Waals surface area (Å²) in [5.41, 5.74) is 1.26. The van der Waals surface area contributed by atoms with Crippen LogP contribution in [0.1, 0.15) is 9.67 Å². The van der Waals surface area contributed by atoms with E-state index in [2.05, 4.69) is 9.97 Å². The van der Waals surface area contributed by atoms with E-state index in [1.165, 1.54) is 27.5 Å². The number of esters is 1. The van der Waals surface area contributed by atoms with Crippen molar-refractivity contribution >= 4 is 37.4 Å². The second kappa shape index (κ2) is 7.12. The zero-order valence-corrected chi connectivity index (χ0v) is 16.6. The first-order chi connectivity index (χ1) is 12.8. The molecule has 2 heterocycles. The Labute approximate surface area is 159 Å². The van der Waals surface area contributed by atoms with Crippen LogP contribution in [0.5, 0.6) is 11.5 Å². The van der Waals surface area contributed by atoms with Crippen LogP contribution in [0, 0.1) is 0 Å². The van der Waals surface area contributed by atoms with Crippen LogP contribution in [-0.4, -0.2) is 51.9 Å². The normalized spacial score (nSPS) is 11.4. The Balaban J connectivity index is 2.43. The molecule has 2 aromatic heterocycles. The molecule has 3 aromatic rings. The van der Waals surface area contributed by atoms with Crippen LogP contribution in [0.15, 0.2) is 29.6 Å². The summed E-state index contributed by atoms with van der Waals surface area (Å²) in [7, 11) is 0.654. The zero-order chi connectivity index (χ0) is 19.8. The number of methoxy groups -OCH3 is 3. The molecule has 10 heteroatoms. The summed E-state index contributed by atoms with van der Waals surface area (Å²) in [6, 6.07) is 5.10. The smallest absolute Gasteiger partial charge is 0.348 e. The van der Waals surface area contributed by atoms with E-state index in [1.807, 2.05) is 0 Å². The van der Waals surface area contributed by atoms with E-state index in [0.717, 1.165) is 17.6 Å². The lowest BCUT2D eigenvalue weighted by atomic mass is 10.0. The molecule has 0 fully saturated rings. The van der Waals surface area contributed by atoms with E-state index >= 15 is 0 Å². The fourth-order valence-electron chi connectivity index (χ4n) is 2.55. The van der Waals surface area contributed by atoms with Crippen molar-refractivity contribution in [2.24, 2.45) is 0 Å². The first-order valence-electron chi connectivity index (χ1n) is 7.60. The van der Waals surface area contributed by atoms with Crippen molar-refractivity contribution in [3.63, 3.8) is 0 Å². The van der Waals surface area contributed by atoms with Gasteiger partial charge in [0.1, 0.15) is 16.4 Å². The first kappa shape index (κ1) is 19.1. The minimum absolute atomic E-state index is 0.263. The number of benzene rings is 1. The van der Waals surface area contributed by atoms with Crippen molar-refractivity contribution < 1.29 is 27.4 Å².